The van der Waals surface area contributed by atoms with E-state index >= 15 is 0 Å². The number of allylic oxidation sites excluding steroid dienone is 1. The van der Waals surface area contributed by atoms with Crippen LogP contribution in [0.25, 0.3) is 0 Å². The summed E-state index contributed by atoms with van der Waals surface area (Å²) in [5.74, 6) is 1.67. The van der Waals surface area contributed by atoms with Crippen LogP contribution < -0.4 is 20.3 Å². The van der Waals surface area contributed by atoms with Crippen LogP contribution in [0.4, 0.5) is 17.5 Å². The highest BCUT2D eigenvalue weighted by atomic mass is 35.5. The largest absolute Gasteiger partial charge is 0.495 e. The molecular formula is C27H32ClN7O2. The molecule has 37 heavy (non-hydrogen) atoms. The van der Waals surface area contributed by atoms with E-state index in [1.54, 1.807) is 37.8 Å². The highest BCUT2D eigenvalue weighted by Gasteiger charge is 2.20. The minimum absolute atomic E-state index is 0.192. The van der Waals surface area contributed by atoms with Gasteiger partial charge in [-0.25, -0.2) is 15.0 Å². The average Bonchev–Trinajstić information content (AvgIpc) is 2.91. The molecule has 0 saturated heterocycles. The van der Waals surface area contributed by atoms with Gasteiger partial charge in [-0.3, -0.25) is 4.79 Å². The maximum Gasteiger partial charge on any atom is 0.251 e. The van der Waals surface area contributed by atoms with Crippen molar-refractivity contribution in [1.82, 2.24) is 25.2 Å². The fraction of sp³-hybridized carbons (Fsp3) is 0.333. The number of rotatable bonds is 8. The Morgan fingerprint density at radius 3 is 2.54 bits per heavy atom. The van der Waals surface area contributed by atoms with E-state index in [2.05, 4.69) is 62.5 Å². The first-order valence-electron chi connectivity index (χ1n) is 12.1. The molecular weight excluding hydrogens is 490 g/mol. The monoisotopic (exact) mass is 521 g/mol. The first-order valence-corrected chi connectivity index (χ1v) is 12.5. The fourth-order valence-electron chi connectivity index (χ4n) is 4.13. The van der Waals surface area contributed by atoms with Crippen molar-refractivity contribution in [3.8, 4) is 5.75 Å². The topological polar surface area (TPSA) is 95.5 Å². The zero-order chi connectivity index (χ0) is 26.5. The Hall–Kier alpha value is -3.85. The molecule has 3 aromatic rings. The summed E-state index contributed by atoms with van der Waals surface area (Å²) in [5, 5.41) is 6.33. The van der Waals surface area contributed by atoms with Gasteiger partial charge in [-0.15, -0.1) is 0 Å². The number of likely N-dealkylation sites (N-methyl/N-ethyl adjacent to an activating group) is 1. The number of nitrogens with zero attached hydrogens (tertiary/aromatic N) is 5. The Kier molecular flexibility index (Phi) is 8.13. The third-order valence-electron chi connectivity index (χ3n) is 6.53. The molecule has 4 rings (SSSR count). The van der Waals surface area contributed by atoms with Crippen LogP contribution in [0.15, 0.2) is 54.8 Å². The Morgan fingerprint density at radius 1 is 1.16 bits per heavy atom. The number of methoxy groups -OCH3 is 1. The third kappa shape index (κ3) is 6.11. The second kappa shape index (κ2) is 11.5. The van der Waals surface area contributed by atoms with Crippen molar-refractivity contribution in [2.45, 2.75) is 32.7 Å². The predicted molar refractivity (Wildman–Crippen MR) is 147 cm³/mol. The van der Waals surface area contributed by atoms with Crippen LogP contribution in [0.2, 0.25) is 5.02 Å². The van der Waals surface area contributed by atoms with Crippen LogP contribution in [0.1, 0.15) is 35.3 Å². The number of benzene rings is 1. The fourth-order valence-corrected chi connectivity index (χ4v) is 4.41. The number of carbonyl (C=O) groups excluding carboxylic acids is 1. The molecule has 1 atom stereocenters. The molecule has 194 valence electrons. The van der Waals surface area contributed by atoms with Gasteiger partial charge in [0.05, 0.1) is 24.0 Å². The summed E-state index contributed by atoms with van der Waals surface area (Å²) in [6, 6.07) is 7.80. The molecule has 2 N–H and O–H groups in total. The van der Waals surface area contributed by atoms with Gasteiger partial charge in [0.2, 0.25) is 5.95 Å². The number of amides is 1. The zero-order valence-electron chi connectivity index (χ0n) is 21.7. The molecule has 0 saturated carbocycles. The SMILES string of the molecule is CNC(=O)c1cc(CCc2cnc(Nc3ccc(N4C=C(C)N(C)[C@@H](C)C4)nc3)nc2)c(Cl)c(OC)c1. The lowest BCUT2D eigenvalue weighted by Gasteiger charge is -2.37. The van der Waals surface area contributed by atoms with Crippen LogP contribution >= 0.6 is 11.6 Å². The molecule has 10 heteroatoms. The summed E-state index contributed by atoms with van der Waals surface area (Å²) in [6.45, 7) is 5.19. The molecule has 1 aliphatic rings. The summed E-state index contributed by atoms with van der Waals surface area (Å²) >= 11 is 6.48. The lowest BCUT2D eigenvalue weighted by Crippen LogP contribution is -2.42. The van der Waals surface area contributed by atoms with Gasteiger partial charge < -0.3 is 25.2 Å². The van der Waals surface area contributed by atoms with E-state index in [4.69, 9.17) is 16.3 Å². The lowest BCUT2D eigenvalue weighted by molar-refractivity contribution is 0.0962. The van der Waals surface area contributed by atoms with E-state index in [1.165, 1.54) is 12.8 Å². The van der Waals surface area contributed by atoms with Gasteiger partial charge in [0, 0.05) is 56.5 Å². The molecule has 0 radical (unpaired) electrons. The van der Waals surface area contributed by atoms with E-state index in [9.17, 15) is 4.79 Å². The molecule has 3 heterocycles. The molecule has 1 aliphatic heterocycles. The van der Waals surface area contributed by atoms with Gasteiger partial charge in [-0.2, -0.15) is 0 Å². The summed E-state index contributed by atoms with van der Waals surface area (Å²) in [5.41, 5.74) is 4.29. The molecule has 9 nitrogen and oxygen atoms in total. The number of nitrogens with one attached hydrogen (secondary N) is 2. The minimum Gasteiger partial charge on any atom is -0.495 e. The maximum atomic E-state index is 12.1. The molecule has 2 aromatic heterocycles. The van der Waals surface area contributed by atoms with E-state index in [0.717, 1.165) is 29.2 Å². The Bertz CT molecular complexity index is 1280. The van der Waals surface area contributed by atoms with Crippen molar-refractivity contribution in [1.29, 1.82) is 0 Å². The van der Waals surface area contributed by atoms with Crippen molar-refractivity contribution in [2.75, 3.05) is 38.0 Å². The normalized spacial score (nSPS) is 15.3. The average molecular weight is 522 g/mol. The van der Waals surface area contributed by atoms with Crippen LogP contribution in [0.5, 0.6) is 5.75 Å². The van der Waals surface area contributed by atoms with Crippen molar-refractivity contribution in [3.63, 3.8) is 0 Å². The molecule has 1 aromatic carbocycles. The number of aryl methyl sites for hydroxylation is 2. The number of ether oxygens (including phenoxy) is 1. The Labute approximate surface area is 222 Å². The van der Waals surface area contributed by atoms with Gasteiger partial charge >= 0.3 is 0 Å². The molecule has 0 fully saturated rings. The third-order valence-corrected chi connectivity index (χ3v) is 6.96. The minimum atomic E-state index is -0.192. The van der Waals surface area contributed by atoms with E-state index < -0.39 is 0 Å². The van der Waals surface area contributed by atoms with Crippen molar-refractivity contribution in [3.05, 3.63) is 76.5 Å². The number of pyridine rings is 1. The van der Waals surface area contributed by atoms with Crippen molar-refractivity contribution in [2.24, 2.45) is 0 Å². The van der Waals surface area contributed by atoms with Crippen LogP contribution in [-0.2, 0) is 12.8 Å². The van der Waals surface area contributed by atoms with Gasteiger partial charge in [0.25, 0.3) is 5.91 Å². The van der Waals surface area contributed by atoms with E-state index in [1.807, 2.05) is 12.1 Å². The Morgan fingerprint density at radius 2 is 1.92 bits per heavy atom. The summed E-state index contributed by atoms with van der Waals surface area (Å²) in [7, 11) is 5.23. The van der Waals surface area contributed by atoms with Gasteiger partial charge in [0.1, 0.15) is 11.6 Å². The first-order chi connectivity index (χ1) is 17.8. The quantitative estimate of drug-likeness (QED) is 0.449. The van der Waals surface area contributed by atoms with E-state index in [0.29, 0.717) is 41.2 Å². The van der Waals surface area contributed by atoms with Gasteiger partial charge in [0.15, 0.2) is 0 Å². The molecule has 0 spiro atoms. The number of halogens is 1. The van der Waals surface area contributed by atoms with Crippen molar-refractivity contribution >= 4 is 35.0 Å². The highest BCUT2D eigenvalue weighted by molar-refractivity contribution is 6.33. The summed E-state index contributed by atoms with van der Waals surface area (Å²) in [4.78, 5) is 30.0. The smallest absolute Gasteiger partial charge is 0.251 e. The zero-order valence-corrected chi connectivity index (χ0v) is 22.5. The number of aromatic nitrogens is 3. The van der Waals surface area contributed by atoms with E-state index in [-0.39, 0.29) is 5.91 Å². The first kappa shape index (κ1) is 26.2. The molecule has 0 unspecified atom stereocenters. The van der Waals surface area contributed by atoms with Crippen LogP contribution in [0, 0.1) is 0 Å². The molecule has 0 bridgehead atoms. The number of hydrogen-bond acceptors (Lipinski definition) is 8. The second-order valence-electron chi connectivity index (χ2n) is 9.06. The molecule has 1 amide bonds. The molecule has 0 aliphatic carbocycles. The standard InChI is InChI=1S/C27H32ClN7O2/c1-17-15-35(16-18(2)34(17)4)24-9-8-22(14-30-24)33-27-31-12-19(13-32-27)6-7-20-10-21(26(36)29-3)11-23(37-5)25(20)28/h8-15,18H,6-7,16H2,1-5H3,(H,29,36)(H,31,32,33)/t18-/m0/s1. The van der Waals surface area contributed by atoms with Crippen LogP contribution in [0.3, 0.4) is 0 Å². The van der Waals surface area contributed by atoms with Crippen LogP contribution in [-0.4, -0.2) is 59.6 Å². The highest BCUT2D eigenvalue weighted by Crippen LogP contribution is 2.31. The summed E-state index contributed by atoms with van der Waals surface area (Å²) in [6.07, 6.45) is 8.74. The lowest BCUT2D eigenvalue weighted by atomic mass is 10.0. The summed E-state index contributed by atoms with van der Waals surface area (Å²) < 4.78 is 5.34. The maximum absolute atomic E-state index is 12.1. The van der Waals surface area contributed by atoms with Gasteiger partial charge in [-0.05, 0) is 62.1 Å². The number of anilines is 3. The number of hydrogen-bond donors (Lipinski definition) is 2. The number of carbonyl (C=O) groups is 1. The predicted octanol–water partition coefficient (Wildman–Crippen LogP) is 4.42. The van der Waals surface area contributed by atoms with Gasteiger partial charge in [-0.1, -0.05) is 11.6 Å². The van der Waals surface area contributed by atoms with Crippen molar-refractivity contribution < 1.29 is 9.53 Å². The Balaban J connectivity index is 1.38. The second-order valence-corrected chi connectivity index (χ2v) is 9.44.